The van der Waals surface area contributed by atoms with Crippen molar-refractivity contribution >= 4 is 28.8 Å². The summed E-state index contributed by atoms with van der Waals surface area (Å²) >= 11 is 1.62. The van der Waals surface area contributed by atoms with Crippen molar-refractivity contribution < 1.29 is 9.59 Å². The van der Waals surface area contributed by atoms with Gasteiger partial charge in [-0.15, -0.1) is 11.3 Å². The van der Waals surface area contributed by atoms with Crippen LogP contribution in [0.2, 0.25) is 0 Å². The number of thiazole rings is 1. The number of anilines is 1. The average Bonchev–Trinajstić information content (AvgIpc) is 2.90. The molecule has 6 heteroatoms. The lowest BCUT2D eigenvalue weighted by atomic mass is 10.1. The van der Waals surface area contributed by atoms with Crippen LogP contribution in [0.15, 0.2) is 29.6 Å². The fourth-order valence-electron chi connectivity index (χ4n) is 2.80. The van der Waals surface area contributed by atoms with Crippen molar-refractivity contribution in [3.63, 3.8) is 0 Å². The van der Waals surface area contributed by atoms with Gasteiger partial charge in [0.15, 0.2) is 0 Å². The molecule has 2 aromatic rings. The Morgan fingerprint density at radius 2 is 2.04 bits per heavy atom. The van der Waals surface area contributed by atoms with Crippen LogP contribution < -0.4 is 5.32 Å². The third-order valence-electron chi connectivity index (χ3n) is 4.09. The van der Waals surface area contributed by atoms with Crippen LogP contribution >= 0.6 is 11.3 Å². The Morgan fingerprint density at radius 1 is 1.25 bits per heavy atom. The zero-order chi connectivity index (χ0) is 16.9. The summed E-state index contributed by atoms with van der Waals surface area (Å²) < 4.78 is 0. The van der Waals surface area contributed by atoms with Gasteiger partial charge in [-0.3, -0.25) is 9.59 Å². The molecule has 0 atom stereocenters. The fraction of sp³-hybridized carbons (Fsp3) is 0.389. The Kier molecular flexibility index (Phi) is 5.25. The van der Waals surface area contributed by atoms with Crippen molar-refractivity contribution in [2.45, 2.75) is 32.6 Å². The molecule has 2 heterocycles. The first-order chi connectivity index (χ1) is 11.6. The molecule has 5 nitrogen and oxygen atoms in total. The van der Waals surface area contributed by atoms with Gasteiger partial charge in [-0.25, -0.2) is 4.98 Å². The highest BCUT2D eigenvalue weighted by Crippen LogP contribution is 2.23. The maximum absolute atomic E-state index is 12.2. The summed E-state index contributed by atoms with van der Waals surface area (Å²) in [6, 6.07) is 7.63. The molecule has 3 rings (SSSR count). The number of likely N-dealkylation sites (tertiary alicyclic amines) is 1. The van der Waals surface area contributed by atoms with Gasteiger partial charge in [0, 0.05) is 29.6 Å². The first-order valence-electron chi connectivity index (χ1n) is 8.22. The fourth-order valence-corrected chi connectivity index (χ4v) is 3.42. The summed E-state index contributed by atoms with van der Waals surface area (Å²) in [6.07, 6.45) is 3.51. The van der Waals surface area contributed by atoms with Crippen molar-refractivity contribution in [3.8, 4) is 11.3 Å². The van der Waals surface area contributed by atoms with Crippen molar-refractivity contribution in [1.82, 2.24) is 9.88 Å². The van der Waals surface area contributed by atoms with Crippen LogP contribution in [0, 0.1) is 6.92 Å². The van der Waals surface area contributed by atoms with E-state index in [0.29, 0.717) is 13.0 Å². The molecular weight excluding hydrogens is 322 g/mol. The van der Waals surface area contributed by atoms with Gasteiger partial charge in [-0.1, -0.05) is 18.6 Å². The molecule has 1 aliphatic rings. The summed E-state index contributed by atoms with van der Waals surface area (Å²) in [5.74, 6) is -0.0700. The molecule has 1 aromatic carbocycles. The van der Waals surface area contributed by atoms with Crippen molar-refractivity contribution in [2.75, 3.05) is 18.4 Å². The highest BCUT2D eigenvalue weighted by Gasteiger charge is 2.19. The topological polar surface area (TPSA) is 62.3 Å². The van der Waals surface area contributed by atoms with Gasteiger partial charge in [-0.05, 0) is 31.9 Å². The molecule has 126 valence electrons. The second-order valence-electron chi connectivity index (χ2n) is 6.00. The Hall–Kier alpha value is -2.21. The summed E-state index contributed by atoms with van der Waals surface area (Å²) in [4.78, 5) is 30.2. The number of carbonyl (C=O) groups is 2. The highest BCUT2D eigenvalue weighted by molar-refractivity contribution is 7.09. The van der Waals surface area contributed by atoms with E-state index in [1.165, 1.54) is 0 Å². The molecule has 0 aliphatic carbocycles. The predicted molar refractivity (Wildman–Crippen MR) is 96.0 cm³/mol. The van der Waals surface area contributed by atoms with Crippen molar-refractivity contribution in [1.29, 1.82) is 0 Å². The number of aryl methyl sites for hydroxylation is 1. The molecule has 1 saturated heterocycles. The van der Waals surface area contributed by atoms with Crippen LogP contribution in [0.5, 0.6) is 0 Å². The van der Waals surface area contributed by atoms with Crippen LogP contribution in [-0.4, -0.2) is 34.8 Å². The van der Waals surface area contributed by atoms with E-state index in [1.807, 2.05) is 36.6 Å². The molecule has 1 N–H and O–H groups in total. The van der Waals surface area contributed by atoms with Gasteiger partial charge < -0.3 is 10.2 Å². The molecular formula is C18H21N3O2S. The third-order valence-corrected chi connectivity index (χ3v) is 4.86. The van der Waals surface area contributed by atoms with Crippen LogP contribution in [0.1, 0.15) is 30.7 Å². The van der Waals surface area contributed by atoms with E-state index in [2.05, 4.69) is 10.3 Å². The number of benzene rings is 1. The van der Waals surface area contributed by atoms with E-state index in [0.717, 1.165) is 41.2 Å². The molecule has 1 aliphatic heterocycles. The van der Waals surface area contributed by atoms with E-state index in [4.69, 9.17) is 0 Å². The first kappa shape index (κ1) is 16.6. The number of nitrogens with zero attached hydrogens (tertiary/aromatic N) is 2. The molecule has 0 unspecified atom stereocenters. The molecule has 0 spiro atoms. The van der Waals surface area contributed by atoms with Crippen LogP contribution in [-0.2, 0) is 9.59 Å². The largest absolute Gasteiger partial charge is 0.333 e. The van der Waals surface area contributed by atoms with Crippen molar-refractivity contribution in [2.24, 2.45) is 0 Å². The second kappa shape index (κ2) is 7.57. The SMILES string of the molecule is Cc1nc(-c2ccc(NC(=O)CN3CCCCCC3=O)cc2)cs1. The molecule has 0 saturated carbocycles. The highest BCUT2D eigenvalue weighted by atomic mass is 32.1. The normalized spacial score (nSPS) is 15.2. The van der Waals surface area contributed by atoms with Crippen LogP contribution in [0.25, 0.3) is 11.3 Å². The van der Waals surface area contributed by atoms with Gasteiger partial charge in [-0.2, -0.15) is 0 Å². The number of amides is 2. The van der Waals surface area contributed by atoms with Gasteiger partial charge in [0.25, 0.3) is 0 Å². The Bertz CT molecular complexity index is 724. The van der Waals surface area contributed by atoms with E-state index >= 15 is 0 Å². The maximum Gasteiger partial charge on any atom is 0.243 e. The molecule has 0 bridgehead atoms. The number of nitrogens with one attached hydrogen (secondary N) is 1. The smallest absolute Gasteiger partial charge is 0.243 e. The average molecular weight is 343 g/mol. The lowest BCUT2D eigenvalue weighted by molar-refractivity contribution is -0.134. The van der Waals surface area contributed by atoms with E-state index in [9.17, 15) is 9.59 Å². The predicted octanol–water partition coefficient (Wildman–Crippen LogP) is 3.46. The number of rotatable bonds is 4. The zero-order valence-electron chi connectivity index (χ0n) is 13.7. The van der Waals surface area contributed by atoms with Crippen LogP contribution in [0.4, 0.5) is 5.69 Å². The second-order valence-corrected chi connectivity index (χ2v) is 7.07. The number of hydrogen-bond donors (Lipinski definition) is 1. The minimum Gasteiger partial charge on any atom is -0.333 e. The Labute approximate surface area is 145 Å². The monoisotopic (exact) mass is 343 g/mol. The molecule has 24 heavy (non-hydrogen) atoms. The third kappa shape index (κ3) is 4.20. The Morgan fingerprint density at radius 3 is 2.75 bits per heavy atom. The lowest BCUT2D eigenvalue weighted by Gasteiger charge is -2.19. The van der Waals surface area contributed by atoms with Crippen LogP contribution in [0.3, 0.4) is 0 Å². The first-order valence-corrected chi connectivity index (χ1v) is 9.10. The van der Waals surface area contributed by atoms with E-state index in [-0.39, 0.29) is 18.4 Å². The summed E-state index contributed by atoms with van der Waals surface area (Å²) in [5, 5.41) is 5.92. The molecule has 2 amide bonds. The minimum atomic E-state index is -0.150. The van der Waals surface area contributed by atoms with Gasteiger partial charge in [0.1, 0.15) is 0 Å². The molecule has 1 aromatic heterocycles. The summed E-state index contributed by atoms with van der Waals surface area (Å²) in [7, 11) is 0. The van der Waals surface area contributed by atoms with Crippen molar-refractivity contribution in [3.05, 3.63) is 34.7 Å². The summed E-state index contributed by atoms with van der Waals surface area (Å²) in [6.45, 7) is 2.78. The van der Waals surface area contributed by atoms with Gasteiger partial charge >= 0.3 is 0 Å². The number of hydrogen-bond acceptors (Lipinski definition) is 4. The number of carbonyl (C=O) groups excluding carboxylic acids is 2. The van der Waals surface area contributed by atoms with Gasteiger partial charge in [0.05, 0.1) is 17.2 Å². The molecule has 0 radical (unpaired) electrons. The zero-order valence-corrected chi connectivity index (χ0v) is 14.6. The summed E-state index contributed by atoms with van der Waals surface area (Å²) in [5.41, 5.74) is 2.71. The van der Waals surface area contributed by atoms with E-state index in [1.54, 1.807) is 16.2 Å². The number of aromatic nitrogens is 1. The lowest BCUT2D eigenvalue weighted by Crippen LogP contribution is -2.37. The minimum absolute atomic E-state index is 0.0805. The van der Waals surface area contributed by atoms with E-state index < -0.39 is 0 Å². The van der Waals surface area contributed by atoms with Gasteiger partial charge in [0.2, 0.25) is 11.8 Å². The maximum atomic E-state index is 12.2. The Balaban J connectivity index is 1.59. The molecule has 1 fully saturated rings. The quantitative estimate of drug-likeness (QED) is 0.925. The standard InChI is InChI=1S/C18H21N3O2S/c1-13-19-16(12-24-13)14-6-8-15(9-7-14)20-17(22)11-21-10-4-2-3-5-18(21)23/h6-9,12H,2-5,10-11H2,1H3,(H,20,22).